The van der Waals surface area contributed by atoms with Gasteiger partial charge in [0.1, 0.15) is 17.4 Å². The minimum atomic E-state index is 0.0693. The third kappa shape index (κ3) is 2.66. The van der Waals surface area contributed by atoms with E-state index in [-0.39, 0.29) is 6.10 Å². The van der Waals surface area contributed by atoms with Gasteiger partial charge in [0, 0.05) is 13.6 Å². The SMILES string of the molecule is CCN1CC(CN(C)c2nc3ccccc3o2)Oc2ccccc21. The first-order chi connectivity index (χ1) is 11.7. The van der Waals surface area contributed by atoms with Gasteiger partial charge in [-0.15, -0.1) is 0 Å². The molecule has 4 rings (SSSR count). The van der Waals surface area contributed by atoms with Crippen LogP contribution >= 0.6 is 0 Å². The van der Waals surface area contributed by atoms with Crippen molar-refractivity contribution in [2.75, 3.05) is 36.5 Å². The average Bonchev–Trinajstić information content (AvgIpc) is 3.05. The van der Waals surface area contributed by atoms with Gasteiger partial charge in [0.25, 0.3) is 6.01 Å². The molecule has 0 amide bonds. The molecule has 1 aliphatic heterocycles. The highest BCUT2D eigenvalue weighted by molar-refractivity contribution is 5.74. The van der Waals surface area contributed by atoms with E-state index >= 15 is 0 Å². The van der Waals surface area contributed by atoms with Crippen molar-refractivity contribution in [1.29, 1.82) is 0 Å². The number of likely N-dealkylation sites (N-methyl/N-ethyl adjacent to an activating group) is 2. The summed E-state index contributed by atoms with van der Waals surface area (Å²) in [6.07, 6.45) is 0.0693. The molecule has 0 fully saturated rings. The maximum absolute atomic E-state index is 6.18. The van der Waals surface area contributed by atoms with Gasteiger partial charge in [0.05, 0.1) is 18.8 Å². The lowest BCUT2D eigenvalue weighted by Crippen LogP contribution is -2.45. The molecule has 124 valence electrons. The highest BCUT2D eigenvalue weighted by Gasteiger charge is 2.26. The summed E-state index contributed by atoms with van der Waals surface area (Å²) in [6.45, 7) is 4.71. The van der Waals surface area contributed by atoms with Crippen molar-refractivity contribution in [3.8, 4) is 5.75 Å². The summed E-state index contributed by atoms with van der Waals surface area (Å²) >= 11 is 0. The molecule has 2 heterocycles. The molecule has 1 atom stereocenters. The number of ether oxygens (including phenoxy) is 1. The summed E-state index contributed by atoms with van der Waals surface area (Å²) in [5, 5.41) is 0. The molecular weight excluding hydrogens is 302 g/mol. The second-order valence-electron chi connectivity index (χ2n) is 6.09. The van der Waals surface area contributed by atoms with E-state index in [0.29, 0.717) is 6.01 Å². The monoisotopic (exact) mass is 323 g/mol. The zero-order valence-electron chi connectivity index (χ0n) is 14.0. The Morgan fingerprint density at radius 1 is 1.17 bits per heavy atom. The van der Waals surface area contributed by atoms with Gasteiger partial charge in [0.2, 0.25) is 0 Å². The highest BCUT2D eigenvalue weighted by atomic mass is 16.5. The van der Waals surface area contributed by atoms with Crippen LogP contribution in [0.25, 0.3) is 11.1 Å². The topological polar surface area (TPSA) is 41.7 Å². The van der Waals surface area contributed by atoms with Gasteiger partial charge in [-0.05, 0) is 31.2 Å². The summed E-state index contributed by atoms with van der Waals surface area (Å²) in [4.78, 5) is 8.92. The minimum absolute atomic E-state index is 0.0693. The second-order valence-corrected chi connectivity index (χ2v) is 6.09. The van der Waals surface area contributed by atoms with Crippen LogP contribution in [0.3, 0.4) is 0 Å². The molecule has 1 aromatic heterocycles. The second kappa shape index (κ2) is 6.07. The zero-order chi connectivity index (χ0) is 16.5. The Bertz CT molecular complexity index is 812. The smallest absolute Gasteiger partial charge is 0.298 e. The van der Waals surface area contributed by atoms with E-state index < -0.39 is 0 Å². The summed E-state index contributed by atoms with van der Waals surface area (Å²) in [5.74, 6) is 0.946. The number of nitrogens with zero attached hydrogens (tertiary/aromatic N) is 3. The predicted octanol–water partition coefficient (Wildman–Crippen LogP) is 3.55. The molecule has 0 saturated heterocycles. The van der Waals surface area contributed by atoms with E-state index in [2.05, 4.69) is 28.9 Å². The van der Waals surface area contributed by atoms with Crippen LogP contribution in [-0.4, -0.2) is 37.8 Å². The molecule has 0 spiro atoms. The van der Waals surface area contributed by atoms with E-state index in [9.17, 15) is 0 Å². The zero-order valence-corrected chi connectivity index (χ0v) is 14.0. The number of anilines is 2. The van der Waals surface area contributed by atoms with Crippen molar-refractivity contribution in [1.82, 2.24) is 4.98 Å². The Morgan fingerprint density at radius 2 is 1.96 bits per heavy atom. The van der Waals surface area contributed by atoms with Crippen LogP contribution in [0.2, 0.25) is 0 Å². The number of rotatable bonds is 4. The van der Waals surface area contributed by atoms with Crippen molar-refractivity contribution >= 4 is 22.8 Å². The molecule has 1 aliphatic rings. The van der Waals surface area contributed by atoms with Gasteiger partial charge < -0.3 is 19.0 Å². The normalized spacial score (nSPS) is 16.8. The predicted molar refractivity (Wildman–Crippen MR) is 96.0 cm³/mol. The van der Waals surface area contributed by atoms with E-state index in [1.165, 1.54) is 5.69 Å². The van der Waals surface area contributed by atoms with Gasteiger partial charge in [-0.3, -0.25) is 0 Å². The van der Waals surface area contributed by atoms with Gasteiger partial charge in [-0.2, -0.15) is 4.98 Å². The van der Waals surface area contributed by atoms with Crippen molar-refractivity contribution in [2.45, 2.75) is 13.0 Å². The Balaban J connectivity index is 1.52. The molecule has 0 radical (unpaired) electrons. The Kier molecular flexibility index (Phi) is 3.76. The molecular formula is C19H21N3O2. The van der Waals surface area contributed by atoms with Crippen LogP contribution in [0.15, 0.2) is 52.9 Å². The number of hydrogen-bond donors (Lipinski definition) is 0. The fraction of sp³-hybridized carbons (Fsp3) is 0.316. The number of fused-ring (bicyclic) bond motifs is 2. The van der Waals surface area contributed by atoms with Crippen LogP contribution in [0, 0.1) is 0 Å². The van der Waals surface area contributed by atoms with Crippen LogP contribution in [0.1, 0.15) is 6.92 Å². The molecule has 0 N–H and O–H groups in total. The van der Waals surface area contributed by atoms with E-state index in [0.717, 1.165) is 36.5 Å². The Labute approximate surface area is 141 Å². The van der Waals surface area contributed by atoms with Crippen molar-refractivity contribution in [3.05, 3.63) is 48.5 Å². The Morgan fingerprint density at radius 3 is 2.79 bits per heavy atom. The highest BCUT2D eigenvalue weighted by Crippen LogP contribution is 2.33. The van der Waals surface area contributed by atoms with E-state index in [1.807, 2.05) is 48.3 Å². The summed E-state index contributed by atoms with van der Waals surface area (Å²) < 4.78 is 12.0. The number of oxazole rings is 1. The molecule has 0 saturated carbocycles. The van der Waals surface area contributed by atoms with Crippen molar-refractivity contribution in [2.24, 2.45) is 0 Å². The summed E-state index contributed by atoms with van der Waals surface area (Å²) in [7, 11) is 1.99. The first-order valence-electron chi connectivity index (χ1n) is 8.32. The lowest BCUT2D eigenvalue weighted by molar-refractivity contribution is 0.198. The summed E-state index contributed by atoms with van der Waals surface area (Å²) in [6, 6.07) is 16.7. The molecule has 24 heavy (non-hydrogen) atoms. The van der Waals surface area contributed by atoms with Gasteiger partial charge in [-0.1, -0.05) is 24.3 Å². The third-order valence-corrected chi connectivity index (χ3v) is 4.39. The fourth-order valence-corrected chi connectivity index (χ4v) is 3.18. The molecule has 3 aromatic rings. The maximum atomic E-state index is 6.18. The molecule has 1 unspecified atom stereocenters. The number of para-hydroxylation sites is 4. The number of benzene rings is 2. The van der Waals surface area contributed by atoms with Crippen molar-refractivity contribution < 1.29 is 9.15 Å². The summed E-state index contributed by atoms with van der Waals surface area (Å²) in [5.41, 5.74) is 2.86. The quantitative estimate of drug-likeness (QED) is 0.734. The molecule has 5 nitrogen and oxygen atoms in total. The lowest BCUT2D eigenvalue weighted by atomic mass is 10.2. The van der Waals surface area contributed by atoms with Crippen molar-refractivity contribution in [3.63, 3.8) is 0 Å². The van der Waals surface area contributed by atoms with Gasteiger partial charge in [0.15, 0.2) is 5.58 Å². The average molecular weight is 323 g/mol. The Hall–Kier alpha value is -2.69. The number of aromatic nitrogens is 1. The van der Waals surface area contributed by atoms with E-state index in [4.69, 9.17) is 9.15 Å². The molecule has 0 bridgehead atoms. The van der Waals surface area contributed by atoms with E-state index in [1.54, 1.807) is 0 Å². The first-order valence-corrected chi connectivity index (χ1v) is 8.32. The van der Waals surface area contributed by atoms with Gasteiger partial charge in [-0.25, -0.2) is 0 Å². The van der Waals surface area contributed by atoms with Crippen LogP contribution in [0.4, 0.5) is 11.7 Å². The largest absolute Gasteiger partial charge is 0.485 e. The minimum Gasteiger partial charge on any atom is -0.485 e. The lowest BCUT2D eigenvalue weighted by Gasteiger charge is -2.36. The molecule has 2 aromatic carbocycles. The van der Waals surface area contributed by atoms with Gasteiger partial charge >= 0.3 is 0 Å². The third-order valence-electron chi connectivity index (χ3n) is 4.39. The standard InChI is InChI=1S/C19H21N3O2/c1-3-22-13-14(23-18-11-7-5-9-16(18)22)12-21(2)19-20-15-8-4-6-10-17(15)24-19/h4-11,14H,3,12-13H2,1-2H3. The first kappa shape index (κ1) is 14.9. The van der Waals surface area contributed by atoms with Crippen LogP contribution in [-0.2, 0) is 0 Å². The number of hydrogen-bond acceptors (Lipinski definition) is 5. The van der Waals surface area contributed by atoms with Crippen LogP contribution < -0.4 is 14.5 Å². The maximum Gasteiger partial charge on any atom is 0.298 e. The fourth-order valence-electron chi connectivity index (χ4n) is 3.18. The molecule has 0 aliphatic carbocycles. The molecule has 5 heteroatoms. The van der Waals surface area contributed by atoms with Crippen LogP contribution in [0.5, 0.6) is 5.75 Å².